The van der Waals surface area contributed by atoms with Crippen molar-refractivity contribution >= 4 is 51.2 Å². The summed E-state index contributed by atoms with van der Waals surface area (Å²) in [6, 6.07) is 11.8. The lowest BCUT2D eigenvalue weighted by molar-refractivity contribution is 0.102. The van der Waals surface area contributed by atoms with Crippen molar-refractivity contribution in [3.63, 3.8) is 0 Å². The molecule has 0 radical (unpaired) electrons. The van der Waals surface area contributed by atoms with Gasteiger partial charge in [0.2, 0.25) is 0 Å². The standard InChI is InChI=1S/C20H15Cl2NO3S/c1-11(24)18-16(15-8-5-13(21)9-17(15)22)10-27-20(18)23-19(25)12-3-6-14(26-2)7-4-12/h3-10,24H,1H2,2H3,(H,23,25). The van der Waals surface area contributed by atoms with Crippen molar-refractivity contribution in [3.05, 3.63) is 75.6 Å². The predicted molar refractivity (Wildman–Crippen MR) is 112 cm³/mol. The third-order valence-corrected chi connectivity index (χ3v) is 5.32. The first-order valence-electron chi connectivity index (χ1n) is 7.81. The highest BCUT2D eigenvalue weighted by atomic mass is 35.5. The average molecular weight is 420 g/mol. The Hall–Kier alpha value is -2.47. The summed E-state index contributed by atoms with van der Waals surface area (Å²) < 4.78 is 5.09. The number of hydrogen-bond donors (Lipinski definition) is 2. The first kappa shape index (κ1) is 19.3. The summed E-state index contributed by atoms with van der Waals surface area (Å²) in [6.07, 6.45) is 0. The maximum absolute atomic E-state index is 12.5. The minimum Gasteiger partial charge on any atom is -0.508 e. The van der Waals surface area contributed by atoms with E-state index in [1.165, 1.54) is 11.3 Å². The third-order valence-electron chi connectivity index (χ3n) is 3.88. The molecule has 0 bridgehead atoms. The van der Waals surface area contributed by atoms with Crippen LogP contribution in [0.5, 0.6) is 5.75 Å². The summed E-state index contributed by atoms with van der Waals surface area (Å²) in [4.78, 5) is 12.5. The van der Waals surface area contributed by atoms with Gasteiger partial charge in [0.15, 0.2) is 0 Å². The molecular formula is C20H15Cl2NO3S. The van der Waals surface area contributed by atoms with Gasteiger partial charge in [-0.1, -0.05) is 35.8 Å². The molecule has 2 N–H and O–H groups in total. The van der Waals surface area contributed by atoms with Crippen molar-refractivity contribution in [2.75, 3.05) is 12.4 Å². The number of benzene rings is 2. The van der Waals surface area contributed by atoms with Crippen LogP contribution < -0.4 is 10.1 Å². The van der Waals surface area contributed by atoms with Gasteiger partial charge in [0, 0.05) is 32.1 Å². The van der Waals surface area contributed by atoms with Crippen LogP contribution in [0.4, 0.5) is 5.00 Å². The number of thiophene rings is 1. The summed E-state index contributed by atoms with van der Waals surface area (Å²) in [5.41, 5.74) is 2.24. The van der Waals surface area contributed by atoms with Gasteiger partial charge >= 0.3 is 0 Å². The minimum absolute atomic E-state index is 0.165. The number of carbonyl (C=O) groups excluding carboxylic acids is 1. The monoisotopic (exact) mass is 419 g/mol. The number of halogens is 2. The summed E-state index contributed by atoms with van der Waals surface area (Å²) in [6.45, 7) is 3.62. The highest BCUT2D eigenvalue weighted by Crippen LogP contribution is 2.42. The Bertz CT molecular complexity index is 1010. The smallest absolute Gasteiger partial charge is 0.256 e. The van der Waals surface area contributed by atoms with E-state index in [1.54, 1.807) is 55.0 Å². The highest BCUT2D eigenvalue weighted by Gasteiger charge is 2.20. The topological polar surface area (TPSA) is 58.6 Å². The molecule has 138 valence electrons. The van der Waals surface area contributed by atoms with Crippen LogP contribution in [0.25, 0.3) is 16.9 Å². The number of ether oxygens (including phenoxy) is 1. The Labute approximate surface area is 170 Å². The number of amides is 1. The molecule has 0 atom stereocenters. The number of carbonyl (C=O) groups is 1. The maximum atomic E-state index is 12.5. The van der Waals surface area contributed by atoms with Crippen LogP contribution in [0.2, 0.25) is 10.0 Å². The largest absolute Gasteiger partial charge is 0.508 e. The van der Waals surface area contributed by atoms with Crippen LogP contribution in [0.3, 0.4) is 0 Å². The third kappa shape index (κ3) is 4.11. The average Bonchev–Trinajstić information content (AvgIpc) is 3.05. The maximum Gasteiger partial charge on any atom is 0.256 e. The van der Waals surface area contributed by atoms with Crippen LogP contribution in [0, 0.1) is 0 Å². The minimum atomic E-state index is -0.309. The number of aliphatic hydroxyl groups excluding tert-OH is 1. The van der Waals surface area contributed by atoms with Gasteiger partial charge in [-0.05, 0) is 36.4 Å². The zero-order valence-electron chi connectivity index (χ0n) is 14.3. The van der Waals surface area contributed by atoms with E-state index in [2.05, 4.69) is 11.9 Å². The fourth-order valence-corrected chi connectivity index (χ4v) is 4.05. The van der Waals surface area contributed by atoms with Gasteiger partial charge in [-0.2, -0.15) is 0 Å². The Kier molecular flexibility index (Phi) is 5.75. The molecule has 27 heavy (non-hydrogen) atoms. The van der Waals surface area contributed by atoms with Crippen LogP contribution in [0.15, 0.2) is 54.4 Å². The number of rotatable bonds is 5. The van der Waals surface area contributed by atoms with E-state index in [0.717, 1.165) is 0 Å². The van der Waals surface area contributed by atoms with Gasteiger partial charge in [0.05, 0.1) is 12.7 Å². The van der Waals surface area contributed by atoms with Crippen molar-refractivity contribution in [1.82, 2.24) is 0 Å². The van der Waals surface area contributed by atoms with E-state index >= 15 is 0 Å². The number of aliphatic hydroxyl groups is 1. The van der Waals surface area contributed by atoms with Crippen LogP contribution in [0.1, 0.15) is 15.9 Å². The van der Waals surface area contributed by atoms with Gasteiger partial charge in [-0.15, -0.1) is 11.3 Å². The van der Waals surface area contributed by atoms with Crippen LogP contribution in [-0.2, 0) is 0 Å². The van der Waals surface area contributed by atoms with Crippen molar-refractivity contribution in [2.24, 2.45) is 0 Å². The highest BCUT2D eigenvalue weighted by molar-refractivity contribution is 7.15. The van der Waals surface area contributed by atoms with Crippen molar-refractivity contribution < 1.29 is 14.6 Å². The number of methoxy groups -OCH3 is 1. The molecule has 7 heteroatoms. The lowest BCUT2D eigenvalue weighted by atomic mass is 10.0. The Balaban J connectivity index is 1.95. The predicted octanol–water partition coefficient (Wildman–Crippen LogP) is 6.51. The molecule has 3 rings (SSSR count). The van der Waals surface area contributed by atoms with E-state index in [1.807, 2.05) is 0 Å². The number of hydrogen-bond acceptors (Lipinski definition) is 4. The fraction of sp³-hybridized carbons (Fsp3) is 0.0500. The SMILES string of the molecule is C=C(O)c1c(-c2ccc(Cl)cc2Cl)csc1NC(=O)c1ccc(OC)cc1. The molecule has 3 aromatic rings. The molecule has 1 heterocycles. The molecule has 2 aromatic carbocycles. The lowest BCUT2D eigenvalue weighted by Crippen LogP contribution is -2.11. The second-order valence-electron chi connectivity index (χ2n) is 5.61. The van der Waals surface area contributed by atoms with Gasteiger partial charge in [0.1, 0.15) is 16.5 Å². The van der Waals surface area contributed by atoms with Gasteiger partial charge in [-0.25, -0.2) is 0 Å². The van der Waals surface area contributed by atoms with Crippen molar-refractivity contribution in [1.29, 1.82) is 0 Å². The molecular weight excluding hydrogens is 405 g/mol. The van der Waals surface area contributed by atoms with E-state index in [0.29, 0.717) is 43.0 Å². The zero-order chi connectivity index (χ0) is 19.6. The normalized spacial score (nSPS) is 10.5. The van der Waals surface area contributed by atoms with Crippen LogP contribution in [-0.4, -0.2) is 18.1 Å². The van der Waals surface area contributed by atoms with Gasteiger partial charge in [-0.3, -0.25) is 4.79 Å². The second kappa shape index (κ2) is 8.05. The van der Waals surface area contributed by atoms with E-state index < -0.39 is 0 Å². The summed E-state index contributed by atoms with van der Waals surface area (Å²) in [5.74, 6) is 0.185. The summed E-state index contributed by atoms with van der Waals surface area (Å²) in [7, 11) is 1.56. The molecule has 4 nitrogen and oxygen atoms in total. The second-order valence-corrected chi connectivity index (χ2v) is 7.33. The molecule has 1 amide bonds. The fourth-order valence-electron chi connectivity index (χ4n) is 2.56. The molecule has 0 fully saturated rings. The summed E-state index contributed by atoms with van der Waals surface area (Å²) in [5, 5.41) is 16.2. The number of anilines is 1. The zero-order valence-corrected chi connectivity index (χ0v) is 16.6. The Morgan fingerprint density at radius 1 is 1.15 bits per heavy atom. The molecule has 0 aliphatic rings. The molecule has 1 aromatic heterocycles. The number of nitrogens with one attached hydrogen (secondary N) is 1. The molecule has 0 unspecified atom stereocenters. The first-order chi connectivity index (χ1) is 12.9. The first-order valence-corrected chi connectivity index (χ1v) is 9.45. The van der Waals surface area contributed by atoms with E-state index in [9.17, 15) is 9.90 Å². The Morgan fingerprint density at radius 3 is 2.44 bits per heavy atom. The lowest BCUT2D eigenvalue weighted by Gasteiger charge is -2.10. The molecule has 0 saturated carbocycles. The Morgan fingerprint density at radius 2 is 1.85 bits per heavy atom. The molecule has 0 aliphatic carbocycles. The van der Waals surface area contributed by atoms with Gasteiger partial charge in [0.25, 0.3) is 5.91 Å². The van der Waals surface area contributed by atoms with Crippen molar-refractivity contribution in [2.45, 2.75) is 0 Å². The summed E-state index contributed by atoms with van der Waals surface area (Å²) >= 11 is 13.5. The van der Waals surface area contributed by atoms with Crippen LogP contribution >= 0.6 is 34.5 Å². The molecule has 0 saturated heterocycles. The van der Waals surface area contributed by atoms with E-state index in [-0.39, 0.29) is 11.7 Å². The molecule has 0 aliphatic heterocycles. The van der Waals surface area contributed by atoms with E-state index in [4.69, 9.17) is 27.9 Å². The van der Waals surface area contributed by atoms with Crippen molar-refractivity contribution in [3.8, 4) is 16.9 Å². The molecule has 0 spiro atoms. The quantitative estimate of drug-likeness (QED) is 0.463. The van der Waals surface area contributed by atoms with Gasteiger partial charge < -0.3 is 15.2 Å².